The molecular formula is C16H14BrN5O3S. The average molecular weight is 436 g/mol. The summed E-state index contributed by atoms with van der Waals surface area (Å²) in [5, 5.41) is 18.7. The molecule has 0 aliphatic carbocycles. The molecule has 0 saturated carbocycles. The van der Waals surface area contributed by atoms with Gasteiger partial charge in [0.15, 0.2) is 17.4 Å². The van der Waals surface area contributed by atoms with Gasteiger partial charge in [0.2, 0.25) is 0 Å². The molecule has 1 aliphatic heterocycles. The van der Waals surface area contributed by atoms with Gasteiger partial charge in [-0.2, -0.15) is 0 Å². The van der Waals surface area contributed by atoms with Crippen molar-refractivity contribution in [3.63, 3.8) is 0 Å². The van der Waals surface area contributed by atoms with Crippen molar-refractivity contribution >= 4 is 56.1 Å². The summed E-state index contributed by atoms with van der Waals surface area (Å²) in [6.45, 7) is 0. The first-order chi connectivity index (χ1) is 12.5. The normalized spacial score (nSPS) is 15.8. The second-order valence-corrected chi connectivity index (χ2v) is 6.80. The number of aromatic hydroxyl groups is 1. The Labute approximate surface area is 160 Å². The maximum absolute atomic E-state index is 11.8. The number of nitrogens with zero attached hydrogens (tertiary/aromatic N) is 2. The Morgan fingerprint density at radius 1 is 1.04 bits per heavy atom. The molecular weight excluding hydrogens is 422 g/mol. The monoisotopic (exact) mass is 435 g/mol. The van der Waals surface area contributed by atoms with Crippen LogP contribution in [-0.2, 0) is 11.2 Å². The highest BCUT2D eigenvalue weighted by atomic mass is 79.9. The highest BCUT2D eigenvalue weighted by Crippen LogP contribution is 2.28. The van der Waals surface area contributed by atoms with Crippen LogP contribution in [0.4, 0.5) is 11.4 Å². The molecule has 0 saturated heterocycles. The number of nitrogens with one attached hydrogen (secondary N) is 3. The van der Waals surface area contributed by atoms with E-state index < -0.39 is 17.1 Å². The van der Waals surface area contributed by atoms with Gasteiger partial charge < -0.3 is 21.1 Å². The number of phenols is 1. The number of carbonyl (C=O) groups is 1. The number of para-hydroxylation sites is 2. The lowest BCUT2D eigenvalue weighted by atomic mass is 10.1. The van der Waals surface area contributed by atoms with Crippen LogP contribution in [0, 0.1) is 0 Å². The second-order valence-electron chi connectivity index (χ2n) is 5.12. The van der Waals surface area contributed by atoms with E-state index in [4.69, 9.17) is 0 Å². The van der Waals surface area contributed by atoms with Crippen molar-refractivity contribution in [3.8, 4) is 5.75 Å². The van der Waals surface area contributed by atoms with Crippen molar-refractivity contribution in [2.75, 3.05) is 17.7 Å². The summed E-state index contributed by atoms with van der Waals surface area (Å²) in [6, 6.07) is 12.0. The second kappa shape index (κ2) is 7.67. The van der Waals surface area contributed by atoms with Gasteiger partial charge in [0, 0.05) is 11.5 Å². The molecule has 1 unspecified atom stereocenters. The molecule has 1 atom stereocenters. The zero-order valence-corrected chi connectivity index (χ0v) is 15.9. The summed E-state index contributed by atoms with van der Waals surface area (Å²) in [7, 11) is 1.47. The summed E-state index contributed by atoms with van der Waals surface area (Å²) in [5.74, 6) is -0.237. The van der Waals surface area contributed by atoms with Crippen molar-refractivity contribution in [3.05, 3.63) is 52.5 Å². The lowest BCUT2D eigenvalue weighted by Crippen LogP contribution is -2.27. The first-order valence-electron chi connectivity index (χ1n) is 7.42. The molecule has 2 aromatic rings. The van der Waals surface area contributed by atoms with Crippen LogP contribution in [0.5, 0.6) is 5.75 Å². The fourth-order valence-corrected chi connectivity index (χ4v) is 3.21. The molecule has 3 rings (SSSR count). The van der Waals surface area contributed by atoms with E-state index in [1.54, 1.807) is 12.1 Å². The van der Waals surface area contributed by atoms with Gasteiger partial charge in [-0.15, -0.1) is 8.80 Å². The number of benzene rings is 2. The summed E-state index contributed by atoms with van der Waals surface area (Å²) < 4.78 is 20.4. The van der Waals surface area contributed by atoms with Gasteiger partial charge in [0.25, 0.3) is 17.1 Å². The van der Waals surface area contributed by atoms with Gasteiger partial charge in [-0.05, 0) is 40.2 Å². The Morgan fingerprint density at radius 3 is 2.31 bits per heavy atom. The van der Waals surface area contributed by atoms with Gasteiger partial charge >= 0.3 is 0 Å². The van der Waals surface area contributed by atoms with Crippen LogP contribution in [0.15, 0.2) is 55.7 Å². The summed E-state index contributed by atoms with van der Waals surface area (Å²) in [6.07, 6.45) is 0. The molecule has 0 spiro atoms. The number of amidine groups is 2. The molecule has 0 fully saturated rings. The van der Waals surface area contributed by atoms with Crippen molar-refractivity contribution in [2.45, 2.75) is 0 Å². The molecule has 2 aromatic carbocycles. The average Bonchev–Trinajstić information content (AvgIpc) is 2.97. The van der Waals surface area contributed by atoms with Gasteiger partial charge in [-0.1, -0.05) is 18.2 Å². The van der Waals surface area contributed by atoms with Crippen LogP contribution in [0.3, 0.4) is 0 Å². The number of carbonyl (C=O) groups excluding carboxylic acids is 1. The van der Waals surface area contributed by atoms with Gasteiger partial charge in [0.1, 0.15) is 0 Å². The van der Waals surface area contributed by atoms with Crippen molar-refractivity contribution in [1.29, 1.82) is 0 Å². The van der Waals surface area contributed by atoms with E-state index >= 15 is 0 Å². The van der Waals surface area contributed by atoms with E-state index in [0.29, 0.717) is 5.69 Å². The lowest BCUT2D eigenvalue weighted by Gasteiger charge is -2.13. The molecule has 26 heavy (non-hydrogen) atoms. The molecule has 1 aliphatic rings. The third-order valence-electron chi connectivity index (χ3n) is 3.45. The van der Waals surface area contributed by atoms with Gasteiger partial charge in [0.05, 0.1) is 16.9 Å². The molecule has 1 heterocycles. The van der Waals surface area contributed by atoms with Gasteiger partial charge in [-0.25, -0.2) is 4.21 Å². The minimum atomic E-state index is -1.78. The van der Waals surface area contributed by atoms with Crippen LogP contribution in [0.1, 0.15) is 10.4 Å². The first kappa shape index (κ1) is 18.1. The number of hydrogen-bond acceptors (Lipinski definition) is 5. The summed E-state index contributed by atoms with van der Waals surface area (Å²) >= 11 is 1.63. The van der Waals surface area contributed by atoms with Crippen LogP contribution in [-0.4, -0.2) is 33.9 Å². The number of anilines is 2. The summed E-state index contributed by atoms with van der Waals surface area (Å²) in [5.41, 5.74) is 1.06. The smallest absolute Gasteiger partial charge is 0.269 e. The number of halogens is 1. The van der Waals surface area contributed by atoms with E-state index in [2.05, 4.69) is 40.7 Å². The Kier molecular flexibility index (Phi) is 5.33. The SMILES string of the molecule is CNC(=O)c1cccc(NC2=NS(=O)N=C2Nc2ccccc2Br)c1O. The number of phenolic OH excluding ortho intramolecular Hbond substituents is 1. The van der Waals surface area contributed by atoms with Crippen LogP contribution in [0.25, 0.3) is 0 Å². The van der Waals surface area contributed by atoms with Crippen LogP contribution < -0.4 is 16.0 Å². The minimum absolute atomic E-state index is 0.106. The summed E-state index contributed by atoms with van der Waals surface area (Å²) in [4.78, 5) is 11.8. The van der Waals surface area contributed by atoms with E-state index in [1.807, 2.05) is 24.3 Å². The molecule has 10 heteroatoms. The van der Waals surface area contributed by atoms with E-state index in [1.165, 1.54) is 13.1 Å². The molecule has 0 aromatic heterocycles. The minimum Gasteiger partial charge on any atom is -0.505 e. The fourth-order valence-electron chi connectivity index (χ4n) is 2.21. The van der Waals surface area contributed by atoms with Crippen molar-refractivity contribution in [2.24, 2.45) is 8.80 Å². The zero-order valence-electron chi connectivity index (χ0n) is 13.5. The van der Waals surface area contributed by atoms with Gasteiger partial charge in [-0.3, -0.25) is 4.79 Å². The molecule has 0 radical (unpaired) electrons. The maximum atomic E-state index is 11.8. The topological polar surface area (TPSA) is 115 Å². The van der Waals surface area contributed by atoms with Crippen LogP contribution >= 0.6 is 15.9 Å². The third kappa shape index (κ3) is 3.75. The molecule has 134 valence electrons. The zero-order chi connectivity index (χ0) is 18.7. The predicted octanol–water partition coefficient (Wildman–Crippen LogP) is 2.43. The fraction of sp³-hybridized carbons (Fsp3) is 0.0625. The lowest BCUT2D eigenvalue weighted by molar-refractivity contribution is 0.0960. The van der Waals surface area contributed by atoms with Crippen molar-refractivity contribution in [1.82, 2.24) is 5.32 Å². The highest BCUT2D eigenvalue weighted by molar-refractivity contribution is 9.10. The Morgan fingerprint density at radius 2 is 1.65 bits per heavy atom. The molecule has 0 bridgehead atoms. The van der Waals surface area contributed by atoms with Crippen LogP contribution in [0.2, 0.25) is 0 Å². The molecule has 1 amide bonds. The largest absolute Gasteiger partial charge is 0.505 e. The van der Waals surface area contributed by atoms with Crippen molar-refractivity contribution < 1.29 is 14.1 Å². The Hall–Kier alpha value is -2.72. The van der Waals surface area contributed by atoms with E-state index in [-0.39, 0.29) is 28.7 Å². The molecule has 4 N–H and O–H groups in total. The van der Waals surface area contributed by atoms with E-state index in [0.717, 1.165) is 4.47 Å². The molecule has 8 nitrogen and oxygen atoms in total. The maximum Gasteiger partial charge on any atom is 0.269 e. The highest BCUT2D eigenvalue weighted by Gasteiger charge is 2.22. The quantitative estimate of drug-likeness (QED) is 0.552. The Bertz CT molecular complexity index is 961. The number of hydrogen-bond donors (Lipinski definition) is 4. The predicted molar refractivity (Wildman–Crippen MR) is 106 cm³/mol. The standard InChI is InChI=1S/C16H14BrN5O3S/c1-18-16(24)9-5-4-8-12(13(9)23)20-15-14(21-26(25)22-15)19-11-7-3-2-6-10(11)17/h2-8,23H,1H3,(H,18,24)(H,19,21)(H,20,22). The number of amides is 1. The Balaban J connectivity index is 1.87. The number of rotatable bonds is 3. The third-order valence-corrected chi connectivity index (χ3v) is 4.82. The van der Waals surface area contributed by atoms with E-state index in [9.17, 15) is 14.1 Å². The first-order valence-corrected chi connectivity index (χ1v) is 9.27.